The van der Waals surface area contributed by atoms with Crippen molar-refractivity contribution in [1.82, 2.24) is 4.90 Å². The molecule has 78 valence electrons. The van der Waals surface area contributed by atoms with Gasteiger partial charge < -0.3 is 10.8 Å². The molecule has 1 atom stereocenters. The van der Waals surface area contributed by atoms with E-state index in [-0.39, 0.29) is 13.0 Å². The minimum Gasteiger partial charge on any atom is -0.480 e. The second-order valence-corrected chi connectivity index (χ2v) is 2.76. The summed E-state index contributed by atoms with van der Waals surface area (Å²) < 4.78 is 23.8. The molecule has 0 aromatic rings. The molecule has 0 aromatic heterocycles. The van der Waals surface area contributed by atoms with E-state index in [1.165, 1.54) is 7.05 Å². The van der Waals surface area contributed by atoms with Gasteiger partial charge in [-0.1, -0.05) is 0 Å². The van der Waals surface area contributed by atoms with Gasteiger partial charge in [-0.3, -0.25) is 9.69 Å². The van der Waals surface area contributed by atoms with Crippen LogP contribution in [0, 0.1) is 0 Å². The third kappa shape index (κ3) is 4.74. The zero-order valence-corrected chi connectivity index (χ0v) is 7.41. The first-order chi connectivity index (χ1) is 5.99. The van der Waals surface area contributed by atoms with E-state index in [2.05, 4.69) is 0 Å². The van der Waals surface area contributed by atoms with Gasteiger partial charge in [-0.25, -0.2) is 8.78 Å². The van der Waals surface area contributed by atoms with E-state index in [0.29, 0.717) is 0 Å². The number of rotatable bonds is 6. The van der Waals surface area contributed by atoms with Crippen molar-refractivity contribution >= 4 is 5.97 Å². The molecule has 0 saturated carbocycles. The minimum atomic E-state index is -2.52. The molecule has 0 rings (SSSR count). The monoisotopic (exact) mass is 196 g/mol. The molecule has 13 heavy (non-hydrogen) atoms. The molecule has 1 unspecified atom stereocenters. The summed E-state index contributed by atoms with van der Waals surface area (Å²) in [7, 11) is 1.35. The van der Waals surface area contributed by atoms with Gasteiger partial charge in [0.25, 0.3) is 6.43 Å². The first-order valence-electron chi connectivity index (χ1n) is 3.90. The van der Waals surface area contributed by atoms with Gasteiger partial charge in [-0.05, 0) is 20.0 Å². The molecule has 3 N–H and O–H groups in total. The molecule has 0 aromatic carbocycles. The zero-order chi connectivity index (χ0) is 10.4. The minimum absolute atomic E-state index is 0.171. The Kier molecular flexibility index (Phi) is 5.48. The van der Waals surface area contributed by atoms with Crippen LogP contribution in [0.5, 0.6) is 0 Å². The maximum absolute atomic E-state index is 11.9. The van der Waals surface area contributed by atoms with Crippen molar-refractivity contribution < 1.29 is 18.7 Å². The predicted octanol–water partition coefficient (Wildman–Crippen LogP) is -0.0147. The normalized spacial score (nSPS) is 13.7. The number of alkyl halides is 2. The van der Waals surface area contributed by atoms with Gasteiger partial charge in [0.1, 0.15) is 6.04 Å². The van der Waals surface area contributed by atoms with E-state index < -0.39 is 25.0 Å². The third-order valence-electron chi connectivity index (χ3n) is 1.68. The fourth-order valence-electron chi connectivity index (χ4n) is 1.04. The quantitative estimate of drug-likeness (QED) is 0.626. The number of aliphatic carboxylic acids is 1. The fourth-order valence-corrected chi connectivity index (χ4v) is 1.04. The van der Waals surface area contributed by atoms with Gasteiger partial charge in [0.05, 0.1) is 6.54 Å². The van der Waals surface area contributed by atoms with Gasteiger partial charge in [-0.2, -0.15) is 0 Å². The molecule has 0 fully saturated rings. The summed E-state index contributed by atoms with van der Waals surface area (Å²) in [4.78, 5) is 11.7. The third-order valence-corrected chi connectivity index (χ3v) is 1.68. The highest BCUT2D eigenvalue weighted by Crippen LogP contribution is 2.04. The number of likely N-dealkylation sites (N-methyl/N-ethyl adjacent to an activating group) is 1. The summed E-state index contributed by atoms with van der Waals surface area (Å²) in [6.45, 7) is -0.374. The standard InChI is InChI=1S/C7H14F2N2O2/c1-11(4-6(8)9)5(2-3-10)7(12)13/h5-6H,2-4,10H2,1H3,(H,12,13). The summed E-state index contributed by atoms with van der Waals surface area (Å²) in [6, 6.07) is -0.918. The van der Waals surface area contributed by atoms with Gasteiger partial charge in [0.2, 0.25) is 0 Å². The molecule has 0 bridgehead atoms. The van der Waals surface area contributed by atoms with Crippen molar-refractivity contribution in [3.63, 3.8) is 0 Å². The predicted molar refractivity (Wildman–Crippen MR) is 43.7 cm³/mol. The highest BCUT2D eigenvalue weighted by Gasteiger charge is 2.23. The summed E-state index contributed by atoms with van der Waals surface area (Å²) in [6.07, 6.45) is -2.34. The first-order valence-corrected chi connectivity index (χ1v) is 3.90. The lowest BCUT2D eigenvalue weighted by molar-refractivity contribution is -0.143. The number of carboxylic acids is 1. The molecular formula is C7H14F2N2O2. The molecule has 0 aliphatic carbocycles. The number of carboxylic acid groups (broad SMARTS) is 1. The molecule has 4 nitrogen and oxygen atoms in total. The van der Waals surface area contributed by atoms with Gasteiger partial charge >= 0.3 is 5.97 Å². The highest BCUT2D eigenvalue weighted by molar-refractivity contribution is 5.73. The zero-order valence-electron chi connectivity index (χ0n) is 7.41. The number of hydrogen-bond acceptors (Lipinski definition) is 3. The molecule has 6 heteroatoms. The largest absolute Gasteiger partial charge is 0.480 e. The molecule has 0 aliphatic heterocycles. The van der Waals surface area contributed by atoms with Crippen molar-refractivity contribution in [2.24, 2.45) is 5.73 Å². The molecular weight excluding hydrogens is 182 g/mol. The van der Waals surface area contributed by atoms with Crippen LogP contribution in [0.2, 0.25) is 0 Å². The SMILES string of the molecule is CN(CC(F)F)C(CCN)C(=O)O. The highest BCUT2D eigenvalue weighted by atomic mass is 19.3. The second kappa shape index (κ2) is 5.82. The van der Waals surface area contributed by atoms with Crippen LogP contribution < -0.4 is 5.73 Å². The van der Waals surface area contributed by atoms with Crippen LogP contribution in [0.25, 0.3) is 0 Å². The molecule has 0 radical (unpaired) electrons. The van der Waals surface area contributed by atoms with E-state index in [1.54, 1.807) is 0 Å². The average Bonchev–Trinajstić information content (AvgIpc) is 1.97. The number of carbonyl (C=O) groups is 1. The Morgan fingerprint density at radius 3 is 2.46 bits per heavy atom. The van der Waals surface area contributed by atoms with Crippen LogP contribution in [0.15, 0.2) is 0 Å². The van der Waals surface area contributed by atoms with E-state index in [0.717, 1.165) is 4.90 Å². The fraction of sp³-hybridized carbons (Fsp3) is 0.857. The second-order valence-electron chi connectivity index (χ2n) is 2.76. The topological polar surface area (TPSA) is 66.6 Å². The van der Waals surface area contributed by atoms with Gasteiger partial charge in [0.15, 0.2) is 0 Å². The van der Waals surface area contributed by atoms with Crippen molar-refractivity contribution in [2.45, 2.75) is 18.9 Å². The Morgan fingerprint density at radius 1 is 1.62 bits per heavy atom. The molecule has 0 aliphatic rings. The number of nitrogens with two attached hydrogens (primary N) is 1. The summed E-state index contributed by atoms with van der Waals surface area (Å²) in [5, 5.41) is 8.65. The smallest absolute Gasteiger partial charge is 0.320 e. The number of hydrogen-bond donors (Lipinski definition) is 2. The van der Waals surface area contributed by atoms with Crippen LogP contribution in [-0.4, -0.2) is 48.6 Å². The average molecular weight is 196 g/mol. The first kappa shape index (κ1) is 12.2. The maximum atomic E-state index is 11.9. The summed E-state index contributed by atoms with van der Waals surface area (Å²) >= 11 is 0. The van der Waals surface area contributed by atoms with E-state index in [9.17, 15) is 13.6 Å². The van der Waals surface area contributed by atoms with Gasteiger partial charge in [-0.15, -0.1) is 0 Å². The Balaban J connectivity index is 4.10. The van der Waals surface area contributed by atoms with Crippen LogP contribution in [0.3, 0.4) is 0 Å². The van der Waals surface area contributed by atoms with Crippen LogP contribution in [-0.2, 0) is 4.79 Å². The van der Waals surface area contributed by atoms with Crippen molar-refractivity contribution in [3.05, 3.63) is 0 Å². The van der Waals surface area contributed by atoms with E-state index in [1.807, 2.05) is 0 Å². The van der Waals surface area contributed by atoms with E-state index >= 15 is 0 Å². The Morgan fingerprint density at radius 2 is 2.15 bits per heavy atom. The summed E-state index contributed by atoms with van der Waals surface area (Å²) in [5.74, 6) is -1.12. The van der Waals surface area contributed by atoms with E-state index in [4.69, 9.17) is 10.8 Å². The Bertz CT molecular complexity index is 167. The van der Waals surface area contributed by atoms with Gasteiger partial charge in [0, 0.05) is 0 Å². The molecule has 0 saturated heterocycles. The number of halogens is 2. The van der Waals surface area contributed by atoms with Crippen molar-refractivity contribution in [1.29, 1.82) is 0 Å². The van der Waals surface area contributed by atoms with Crippen LogP contribution >= 0.6 is 0 Å². The molecule has 0 spiro atoms. The Hall–Kier alpha value is -0.750. The summed E-state index contributed by atoms with van der Waals surface area (Å²) in [5.41, 5.74) is 5.16. The lowest BCUT2D eigenvalue weighted by Crippen LogP contribution is -2.42. The molecule has 0 heterocycles. The molecule has 0 amide bonds. The lowest BCUT2D eigenvalue weighted by atomic mass is 10.2. The van der Waals surface area contributed by atoms with Crippen molar-refractivity contribution in [2.75, 3.05) is 20.1 Å². The van der Waals surface area contributed by atoms with Crippen LogP contribution in [0.1, 0.15) is 6.42 Å². The number of nitrogens with zero attached hydrogens (tertiary/aromatic N) is 1. The Labute approximate surface area is 75.3 Å². The van der Waals surface area contributed by atoms with Crippen molar-refractivity contribution in [3.8, 4) is 0 Å². The lowest BCUT2D eigenvalue weighted by Gasteiger charge is -2.23. The maximum Gasteiger partial charge on any atom is 0.320 e. The van der Waals surface area contributed by atoms with Crippen LogP contribution in [0.4, 0.5) is 8.78 Å².